The van der Waals surface area contributed by atoms with E-state index >= 15 is 0 Å². The Morgan fingerprint density at radius 1 is 1.08 bits per heavy atom. The molecule has 0 radical (unpaired) electrons. The largest absolute Gasteiger partial charge is 0.341 e. The summed E-state index contributed by atoms with van der Waals surface area (Å²) in [6.45, 7) is 1.14. The highest BCUT2D eigenvalue weighted by Gasteiger charge is 2.44. The van der Waals surface area contributed by atoms with Crippen LogP contribution in [0.4, 0.5) is 0 Å². The van der Waals surface area contributed by atoms with Crippen LogP contribution in [-0.2, 0) is 0 Å². The number of aromatic nitrogens is 3. The Hall–Kier alpha value is -2.70. The molecular formula is C19H21N5O2. The normalized spacial score (nSPS) is 24.8. The van der Waals surface area contributed by atoms with Crippen molar-refractivity contribution in [1.82, 2.24) is 24.8 Å². The van der Waals surface area contributed by atoms with Gasteiger partial charge in [0.05, 0.1) is 24.6 Å². The summed E-state index contributed by atoms with van der Waals surface area (Å²) in [7, 11) is 0. The van der Waals surface area contributed by atoms with Crippen molar-refractivity contribution >= 4 is 11.8 Å². The van der Waals surface area contributed by atoms with Crippen LogP contribution >= 0.6 is 0 Å². The summed E-state index contributed by atoms with van der Waals surface area (Å²) < 4.78 is 0. The molecule has 2 amide bonds. The third-order valence-electron chi connectivity index (χ3n) is 5.78. The van der Waals surface area contributed by atoms with Crippen molar-refractivity contribution in [3.05, 3.63) is 47.8 Å². The molecule has 2 saturated heterocycles. The summed E-state index contributed by atoms with van der Waals surface area (Å²) in [5.41, 5.74) is 2.27. The van der Waals surface area contributed by atoms with Gasteiger partial charge in [0.25, 0.3) is 11.8 Å². The van der Waals surface area contributed by atoms with Gasteiger partial charge in [-0.05, 0) is 49.3 Å². The van der Waals surface area contributed by atoms with Gasteiger partial charge in [0.1, 0.15) is 11.4 Å². The van der Waals surface area contributed by atoms with Crippen LogP contribution in [0.3, 0.4) is 0 Å². The molecular weight excluding hydrogens is 330 g/mol. The average Bonchev–Trinajstić information content (AvgIpc) is 3.32. The lowest BCUT2D eigenvalue weighted by molar-refractivity contribution is 0.0354. The number of amides is 2. The smallest absolute Gasteiger partial charge is 0.273 e. The number of likely N-dealkylation sites (tertiary alicyclic amines) is 1. The zero-order valence-electron chi connectivity index (χ0n) is 14.5. The molecule has 1 saturated carbocycles. The lowest BCUT2D eigenvalue weighted by Crippen LogP contribution is -2.57. The quantitative estimate of drug-likeness (QED) is 0.914. The monoisotopic (exact) mass is 351 g/mol. The van der Waals surface area contributed by atoms with Crippen molar-refractivity contribution in [3.8, 4) is 0 Å². The maximum atomic E-state index is 13.1. The average molecular weight is 351 g/mol. The van der Waals surface area contributed by atoms with Gasteiger partial charge in [-0.2, -0.15) is 0 Å². The van der Waals surface area contributed by atoms with Gasteiger partial charge in [-0.25, -0.2) is 4.98 Å². The predicted molar refractivity (Wildman–Crippen MR) is 93.7 cm³/mol. The van der Waals surface area contributed by atoms with Crippen LogP contribution in [0.1, 0.15) is 58.1 Å². The molecule has 3 aliphatic rings. The number of carbonyl (C=O) groups is 2. The highest BCUT2D eigenvalue weighted by atomic mass is 16.2. The first kappa shape index (κ1) is 15.5. The first-order chi connectivity index (χ1) is 12.7. The Bertz CT molecular complexity index is 831. The van der Waals surface area contributed by atoms with Crippen LogP contribution < -0.4 is 0 Å². The number of imidazole rings is 1. The molecule has 134 valence electrons. The van der Waals surface area contributed by atoms with Crippen molar-refractivity contribution in [2.75, 3.05) is 13.1 Å². The van der Waals surface area contributed by atoms with E-state index in [0.29, 0.717) is 30.4 Å². The van der Waals surface area contributed by atoms with Crippen LogP contribution in [0.2, 0.25) is 0 Å². The zero-order valence-corrected chi connectivity index (χ0v) is 14.5. The number of pyridine rings is 1. The molecule has 7 nitrogen and oxygen atoms in total. The molecule has 5 rings (SSSR count). The van der Waals surface area contributed by atoms with E-state index in [9.17, 15) is 9.59 Å². The number of hydrogen-bond acceptors (Lipinski definition) is 4. The molecule has 2 aromatic heterocycles. The topological polar surface area (TPSA) is 82.2 Å². The summed E-state index contributed by atoms with van der Waals surface area (Å²) in [5.74, 6) is 0.569. The fraction of sp³-hybridized carbons (Fsp3) is 0.474. The minimum Gasteiger partial charge on any atom is -0.341 e. The fourth-order valence-corrected chi connectivity index (χ4v) is 4.31. The number of nitrogens with zero attached hydrogens (tertiary/aromatic N) is 4. The number of rotatable bonds is 3. The van der Waals surface area contributed by atoms with Gasteiger partial charge in [-0.1, -0.05) is 0 Å². The number of carbonyl (C=O) groups excluding carboxylic acids is 2. The Morgan fingerprint density at radius 3 is 2.50 bits per heavy atom. The summed E-state index contributed by atoms with van der Waals surface area (Å²) in [6, 6.07) is 4.12. The fourth-order valence-electron chi connectivity index (χ4n) is 4.31. The van der Waals surface area contributed by atoms with Crippen molar-refractivity contribution in [2.45, 2.75) is 43.7 Å². The van der Waals surface area contributed by atoms with Crippen LogP contribution in [0.5, 0.6) is 0 Å². The lowest BCUT2D eigenvalue weighted by Gasteiger charge is -2.40. The molecule has 26 heavy (non-hydrogen) atoms. The Morgan fingerprint density at radius 2 is 1.85 bits per heavy atom. The van der Waals surface area contributed by atoms with Crippen molar-refractivity contribution in [3.63, 3.8) is 0 Å². The Balaban J connectivity index is 1.34. The van der Waals surface area contributed by atoms with Crippen molar-refractivity contribution in [1.29, 1.82) is 0 Å². The van der Waals surface area contributed by atoms with Gasteiger partial charge in [-0.15, -0.1) is 0 Å². The highest BCUT2D eigenvalue weighted by molar-refractivity contribution is 5.94. The summed E-state index contributed by atoms with van der Waals surface area (Å²) in [5, 5.41) is 0. The van der Waals surface area contributed by atoms with E-state index in [2.05, 4.69) is 15.0 Å². The number of H-pyrrole nitrogens is 1. The Kier molecular flexibility index (Phi) is 3.55. The van der Waals surface area contributed by atoms with Crippen molar-refractivity contribution < 1.29 is 9.59 Å². The number of piperazine rings is 1. The molecule has 2 aromatic rings. The first-order valence-electron chi connectivity index (χ1n) is 9.27. The Labute approximate surface area is 151 Å². The first-order valence-corrected chi connectivity index (χ1v) is 9.27. The summed E-state index contributed by atoms with van der Waals surface area (Å²) >= 11 is 0. The number of nitrogens with one attached hydrogen (secondary N) is 1. The van der Waals surface area contributed by atoms with Crippen LogP contribution in [0, 0.1) is 0 Å². The minimum atomic E-state index is -0.0413. The maximum absolute atomic E-state index is 13.1. The van der Waals surface area contributed by atoms with E-state index in [1.807, 2.05) is 21.9 Å². The maximum Gasteiger partial charge on any atom is 0.273 e. The van der Waals surface area contributed by atoms with E-state index in [1.54, 1.807) is 12.4 Å². The van der Waals surface area contributed by atoms with Gasteiger partial charge in [0.15, 0.2) is 0 Å². The summed E-state index contributed by atoms with van der Waals surface area (Å²) in [6.07, 6.45) is 9.10. The third kappa shape index (κ3) is 2.58. The van der Waals surface area contributed by atoms with E-state index in [-0.39, 0.29) is 23.9 Å². The van der Waals surface area contributed by atoms with Crippen LogP contribution in [0.15, 0.2) is 30.9 Å². The standard InChI is InChI=1S/C19H21N5O2/c25-18(17-8-20-11-22-17)23-9-14-3-4-15(10-23)24(14)19(26)16-7-13(5-6-21-16)12-1-2-12/h5-8,11-12,14-15H,1-4,9-10H2,(H,20,22). The number of aromatic amines is 1. The molecule has 1 N–H and O–H groups in total. The summed E-state index contributed by atoms with van der Waals surface area (Å²) in [4.78, 5) is 40.6. The number of hydrogen-bond donors (Lipinski definition) is 1. The second kappa shape index (κ2) is 5.93. The van der Waals surface area contributed by atoms with Gasteiger partial charge >= 0.3 is 0 Å². The van der Waals surface area contributed by atoms with E-state index in [4.69, 9.17) is 0 Å². The van der Waals surface area contributed by atoms with Gasteiger partial charge < -0.3 is 14.8 Å². The predicted octanol–water partition coefficient (Wildman–Crippen LogP) is 1.81. The number of fused-ring (bicyclic) bond motifs is 2. The van der Waals surface area contributed by atoms with Crippen molar-refractivity contribution in [2.24, 2.45) is 0 Å². The molecule has 7 heteroatoms. The van der Waals surface area contributed by atoms with Crippen LogP contribution in [0.25, 0.3) is 0 Å². The second-order valence-electron chi connectivity index (χ2n) is 7.52. The van der Waals surface area contributed by atoms with Gasteiger partial charge in [0, 0.05) is 19.3 Å². The second-order valence-corrected chi connectivity index (χ2v) is 7.52. The van der Waals surface area contributed by atoms with Crippen LogP contribution in [-0.4, -0.2) is 61.7 Å². The molecule has 2 atom stereocenters. The van der Waals surface area contributed by atoms with E-state index in [0.717, 1.165) is 12.8 Å². The molecule has 2 bridgehead atoms. The third-order valence-corrected chi connectivity index (χ3v) is 5.78. The SMILES string of the molecule is O=C(c1cnc[nH]1)N1CC2CCC(C1)N2C(=O)c1cc(C2CC2)ccn1. The molecule has 0 aromatic carbocycles. The molecule has 1 aliphatic carbocycles. The molecule has 0 spiro atoms. The van der Waals surface area contributed by atoms with E-state index in [1.165, 1.54) is 24.7 Å². The minimum absolute atomic E-state index is 0.00800. The van der Waals surface area contributed by atoms with E-state index < -0.39 is 0 Å². The molecule has 3 fully saturated rings. The molecule has 2 aliphatic heterocycles. The molecule has 2 unspecified atom stereocenters. The molecule has 4 heterocycles. The highest BCUT2D eigenvalue weighted by Crippen LogP contribution is 2.40. The lowest BCUT2D eigenvalue weighted by atomic mass is 10.1. The van der Waals surface area contributed by atoms with Gasteiger partial charge in [0.2, 0.25) is 0 Å². The van der Waals surface area contributed by atoms with Gasteiger partial charge in [-0.3, -0.25) is 14.6 Å². The zero-order chi connectivity index (χ0) is 17.7.